The quantitative estimate of drug-likeness (QED) is 0.424. The van der Waals surface area contributed by atoms with Gasteiger partial charge in [0.05, 0.1) is 5.56 Å². The molecular formula is C23H22ClF3N2O2S. The zero-order valence-corrected chi connectivity index (χ0v) is 19.3. The highest BCUT2D eigenvalue weighted by molar-refractivity contribution is 7.15. The van der Waals surface area contributed by atoms with Gasteiger partial charge in [-0.15, -0.1) is 11.3 Å². The van der Waals surface area contributed by atoms with Gasteiger partial charge in [-0.2, -0.15) is 13.2 Å². The fraction of sp³-hybridized carbons (Fsp3) is 0.304. The molecule has 3 aromatic rings. The first-order valence-electron chi connectivity index (χ1n) is 9.75. The first kappa shape index (κ1) is 24.1. The number of halogens is 4. The molecule has 2 aromatic carbocycles. The molecule has 1 N–H and O–H groups in total. The van der Waals surface area contributed by atoms with Crippen LogP contribution in [-0.2, 0) is 22.8 Å². The number of anilines is 1. The number of aromatic nitrogens is 1. The Bertz CT molecular complexity index is 1090. The lowest BCUT2D eigenvalue weighted by molar-refractivity contribution is -0.137. The molecule has 0 unspecified atom stereocenters. The predicted molar refractivity (Wildman–Crippen MR) is 121 cm³/mol. The van der Waals surface area contributed by atoms with Gasteiger partial charge in [-0.3, -0.25) is 10.1 Å². The van der Waals surface area contributed by atoms with Crippen molar-refractivity contribution in [1.82, 2.24) is 4.98 Å². The summed E-state index contributed by atoms with van der Waals surface area (Å²) in [6.45, 7) is 6.14. The number of carbonyl (C=O) groups is 1. The molecule has 4 nitrogen and oxygen atoms in total. The molecule has 9 heteroatoms. The Balaban J connectivity index is 1.57. The Morgan fingerprint density at radius 3 is 2.38 bits per heavy atom. The van der Waals surface area contributed by atoms with Gasteiger partial charge < -0.3 is 4.74 Å². The molecule has 0 saturated carbocycles. The maximum Gasteiger partial charge on any atom is 0.416 e. The molecule has 1 heterocycles. The monoisotopic (exact) mass is 482 g/mol. The molecule has 0 radical (unpaired) electrons. The second-order valence-corrected chi connectivity index (χ2v) is 9.75. The van der Waals surface area contributed by atoms with Gasteiger partial charge in [0.1, 0.15) is 5.75 Å². The SMILES string of the molecule is CC(C)(C)c1ccc(OCC(=O)Nc2ncc(Cc3cc(C(F)(F)F)ccc3Cl)s2)cc1. The number of ether oxygens (including phenoxy) is 1. The van der Waals surface area contributed by atoms with E-state index in [1.807, 2.05) is 24.3 Å². The second kappa shape index (κ2) is 9.50. The number of hydrogen-bond donors (Lipinski definition) is 1. The summed E-state index contributed by atoms with van der Waals surface area (Å²) in [5.41, 5.74) is 0.759. The molecule has 0 saturated heterocycles. The van der Waals surface area contributed by atoms with Crippen molar-refractivity contribution >= 4 is 34.0 Å². The van der Waals surface area contributed by atoms with Crippen molar-refractivity contribution in [2.45, 2.75) is 38.8 Å². The third-order valence-electron chi connectivity index (χ3n) is 4.63. The molecule has 0 spiro atoms. The van der Waals surface area contributed by atoms with Crippen LogP contribution >= 0.6 is 22.9 Å². The topological polar surface area (TPSA) is 51.2 Å². The summed E-state index contributed by atoms with van der Waals surface area (Å²) in [4.78, 5) is 17.0. The summed E-state index contributed by atoms with van der Waals surface area (Å²) in [5, 5.41) is 3.21. The zero-order valence-electron chi connectivity index (χ0n) is 17.7. The van der Waals surface area contributed by atoms with Gasteiger partial charge in [-0.25, -0.2) is 4.98 Å². The number of nitrogens with one attached hydrogen (secondary N) is 1. The third-order valence-corrected chi connectivity index (χ3v) is 5.91. The zero-order chi connectivity index (χ0) is 23.5. The van der Waals surface area contributed by atoms with E-state index in [0.717, 1.165) is 17.7 Å². The number of amides is 1. The van der Waals surface area contributed by atoms with E-state index in [1.165, 1.54) is 23.6 Å². The Labute approximate surface area is 193 Å². The molecule has 3 rings (SSSR count). The molecule has 0 atom stereocenters. The molecule has 1 amide bonds. The van der Waals surface area contributed by atoms with Crippen LogP contribution in [0.1, 0.15) is 42.3 Å². The Morgan fingerprint density at radius 1 is 1.09 bits per heavy atom. The summed E-state index contributed by atoms with van der Waals surface area (Å²) in [6, 6.07) is 10.7. The van der Waals surface area contributed by atoms with E-state index in [0.29, 0.717) is 21.3 Å². The minimum absolute atomic E-state index is 0.0245. The molecule has 32 heavy (non-hydrogen) atoms. The molecule has 0 fully saturated rings. The Kier molecular flexibility index (Phi) is 7.15. The van der Waals surface area contributed by atoms with Gasteiger partial charge in [0.2, 0.25) is 0 Å². The number of rotatable bonds is 6. The normalized spacial score (nSPS) is 12.0. The largest absolute Gasteiger partial charge is 0.484 e. The average Bonchev–Trinajstić information content (AvgIpc) is 3.13. The molecule has 0 aliphatic rings. The van der Waals surface area contributed by atoms with E-state index in [9.17, 15) is 18.0 Å². The lowest BCUT2D eigenvalue weighted by atomic mass is 9.87. The van der Waals surface area contributed by atoms with E-state index in [2.05, 4.69) is 31.1 Å². The Hall–Kier alpha value is -2.58. The Morgan fingerprint density at radius 2 is 1.75 bits per heavy atom. The standard InChI is InChI=1S/C23H22ClF3N2O2S/c1-22(2,3)15-4-7-17(8-5-15)31-13-20(30)29-21-28-12-18(32-21)11-14-10-16(23(25,26)27)6-9-19(14)24/h4-10,12H,11,13H2,1-3H3,(H,28,29,30). The van der Waals surface area contributed by atoms with Crippen LogP contribution in [0.5, 0.6) is 5.75 Å². The van der Waals surface area contributed by atoms with Gasteiger partial charge in [0.15, 0.2) is 11.7 Å². The third kappa shape index (κ3) is 6.46. The lowest BCUT2D eigenvalue weighted by Crippen LogP contribution is -2.20. The number of alkyl halides is 3. The fourth-order valence-corrected chi connectivity index (χ4v) is 3.91. The van der Waals surface area contributed by atoms with E-state index < -0.39 is 11.7 Å². The van der Waals surface area contributed by atoms with E-state index in [1.54, 1.807) is 0 Å². The first-order valence-corrected chi connectivity index (χ1v) is 10.9. The van der Waals surface area contributed by atoms with Crippen LogP contribution in [0.2, 0.25) is 5.02 Å². The van der Waals surface area contributed by atoms with Crippen molar-refractivity contribution in [2.24, 2.45) is 0 Å². The van der Waals surface area contributed by atoms with Crippen LogP contribution in [-0.4, -0.2) is 17.5 Å². The minimum atomic E-state index is -4.45. The van der Waals surface area contributed by atoms with Gasteiger partial charge in [-0.1, -0.05) is 44.5 Å². The summed E-state index contributed by atoms with van der Waals surface area (Å²) in [5.74, 6) is 0.190. The van der Waals surface area contributed by atoms with E-state index >= 15 is 0 Å². The van der Waals surface area contributed by atoms with Crippen LogP contribution in [0.3, 0.4) is 0 Å². The highest BCUT2D eigenvalue weighted by Crippen LogP contribution is 2.33. The van der Waals surface area contributed by atoms with Crippen LogP contribution in [0.25, 0.3) is 0 Å². The molecule has 1 aromatic heterocycles. The van der Waals surface area contributed by atoms with E-state index in [-0.39, 0.29) is 29.4 Å². The first-order chi connectivity index (χ1) is 14.9. The number of nitrogens with zero attached hydrogens (tertiary/aromatic N) is 1. The van der Waals surface area contributed by atoms with Gasteiger partial charge >= 0.3 is 6.18 Å². The van der Waals surface area contributed by atoms with Crippen LogP contribution in [0, 0.1) is 0 Å². The molecule has 0 aliphatic heterocycles. The van der Waals surface area contributed by atoms with E-state index in [4.69, 9.17) is 16.3 Å². The van der Waals surface area contributed by atoms with Crippen LogP contribution in [0.15, 0.2) is 48.7 Å². The minimum Gasteiger partial charge on any atom is -0.484 e. The lowest BCUT2D eigenvalue weighted by Gasteiger charge is -2.19. The van der Waals surface area contributed by atoms with Crippen molar-refractivity contribution in [3.8, 4) is 5.75 Å². The predicted octanol–water partition coefficient (Wildman–Crippen LogP) is 6.72. The number of hydrogen-bond acceptors (Lipinski definition) is 4. The van der Waals surface area contributed by atoms with Gasteiger partial charge in [0.25, 0.3) is 5.91 Å². The molecular weight excluding hydrogens is 461 g/mol. The van der Waals surface area contributed by atoms with Gasteiger partial charge in [-0.05, 0) is 46.9 Å². The van der Waals surface area contributed by atoms with Crippen molar-refractivity contribution in [3.05, 3.63) is 75.3 Å². The summed E-state index contributed by atoms with van der Waals surface area (Å²) >= 11 is 7.22. The summed E-state index contributed by atoms with van der Waals surface area (Å²) < 4.78 is 44.3. The highest BCUT2D eigenvalue weighted by Gasteiger charge is 2.31. The maximum atomic E-state index is 12.9. The van der Waals surface area contributed by atoms with Crippen LogP contribution < -0.4 is 10.1 Å². The number of benzene rings is 2. The second-order valence-electron chi connectivity index (χ2n) is 8.22. The average molecular weight is 483 g/mol. The van der Waals surface area contributed by atoms with Gasteiger partial charge in [0, 0.05) is 22.5 Å². The van der Waals surface area contributed by atoms with Crippen molar-refractivity contribution in [3.63, 3.8) is 0 Å². The summed E-state index contributed by atoms with van der Waals surface area (Å²) in [7, 11) is 0. The van der Waals surface area contributed by atoms with Crippen LogP contribution in [0.4, 0.5) is 18.3 Å². The fourth-order valence-electron chi connectivity index (χ4n) is 2.88. The highest BCUT2D eigenvalue weighted by atomic mass is 35.5. The summed E-state index contributed by atoms with van der Waals surface area (Å²) in [6.07, 6.45) is -2.77. The van der Waals surface area contributed by atoms with Crippen molar-refractivity contribution in [2.75, 3.05) is 11.9 Å². The molecule has 0 bridgehead atoms. The number of thiazole rings is 1. The molecule has 170 valence electrons. The molecule has 0 aliphatic carbocycles. The van der Waals surface area contributed by atoms with Crippen molar-refractivity contribution < 1.29 is 22.7 Å². The smallest absolute Gasteiger partial charge is 0.416 e. The maximum absolute atomic E-state index is 12.9. The number of carbonyl (C=O) groups excluding carboxylic acids is 1. The van der Waals surface area contributed by atoms with Crippen molar-refractivity contribution in [1.29, 1.82) is 0 Å².